The van der Waals surface area contributed by atoms with Crippen molar-refractivity contribution in [3.63, 3.8) is 0 Å². The zero-order chi connectivity index (χ0) is 19.6. The lowest BCUT2D eigenvalue weighted by Crippen LogP contribution is -2.08. The summed E-state index contributed by atoms with van der Waals surface area (Å²) < 4.78 is 21.8. The van der Waals surface area contributed by atoms with Crippen LogP contribution >= 0.6 is 0 Å². The minimum absolute atomic E-state index is 0.376. The van der Waals surface area contributed by atoms with E-state index in [9.17, 15) is 5.26 Å². The molecule has 0 aliphatic carbocycles. The first-order valence-electron chi connectivity index (χ1n) is 8.84. The standard InChI is InChI=1S/C22H25NO4/c1-5-26-22(27-6-2)17-9-7-16(8-10-17)13-19(15-23)18-11-12-20(24-3)21(14-18)25-4/h7-14,22H,5-6H2,1-4H3. The summed E-state index contributed by atoms with van der Waals surface area (Å²) in [6.07, 6.45) is 1.46. The van der Waals surface area contributed by atoms with Crippen LogP contribution in [-0.2, 0) is 9.47 Å². The third-order valence-electron chi connectivity index (χ3n) is 3.97. The Morgan fingerprint density at radius 3 is 2.11 bits per heavy atom. The molecule has 0 aromatic heterocycles. The van der Waals surface area contributed by atoms with Gasteiger partial charge < -0.3 is 18.9 Å². The van der Waals surface area contributed by atoms with Crippen LogP contribution in [-0.4, -0.2) is 27.4 Å². The molecular weight excluding hydrogens is 342 g/mol. The molecule has 27 heavy (non-hydrogen) atoms. The maximum Gasteiger partial charge on any atom is 0.183 e. The normalized spacial score (nSPS) is 11.3. The SMILES string of the molecule is CCOC(OCC)c1ccc(C=C(C#N)c2ccc(OC)c(OC)c2)cc1. The van der Waals surface area contributed by atoms with Crippen LogP contribution in [0.4, 0.5) is 0 Å². The van der Waals surface area contributed by atoms with Crippen LogP contribution in [0.1, 0.15) is 36.8 Å². The lowest BCUT2D eigenvalue weighted by Gasteiger charge is -2.17. The fourth-order valence-corrected chi connectivity index (χ4v) is 2.64. The molecule has 0 saturated carbocycles. The molecule has 2 aromatic rings. The molecule has 5 nitrogen and oxygen atoms in total. The van der Waals surface area contributed by atoms with Gasteiger partial charge in [-0.3, -0.25) is 0 Å². The highest BCUT2D eigenvalue weighted by Crippen LogP contribution is 2.31. The Morgan fingerprint density at radius 2 is 1.59 bits per heavy atom. The maximum absolute atomic E-state index is 9.58. The quantitative estimate of drug-likeness (QED) is 0.360. The van der Waals surface area contributed by atoms with E-state index in [0.717, 1.165) is 16.7 Å². The first-order valence-corrected chi connectivity index (χ1v) is 8.84. The fourth-order valence-electron chi connectivity index (χ4n) is 2.64. The Kier molecular flexibility index (Phi) is 7.87. The van der Waals surface area contributed by atoms with Gasteiger partial charge in [-0.2, -0.15) is 5.26 Å². The highest BCUT2D eigenvalue weighted by molar-refractivity contribution is 5.90. The van der Waals surface area contributed by atoms with Gasteiger partial charge in [-0.15, -0.1) is 0 Å². The van der Waals surface area contributed by atoms with Crippen molar-refractivity contribution in [2.45, 2.75) is 20.1 Å². The van der Waals surface area contributed by atoms with E-state index in [1.165, 1.54) is 0 Å². The van der Waals surface area contributed by atoms with Crippen LogP contribution in [0.2, 0.25) is 0 Å². The summed E-state index contributed by atoms with van der Waals surface area (Å²) >= 11 is 0. The van der Waals surface area contributed by atoms with Crippen molar-refractivity contribution in [1.82, 2.24) is 0 Å². The van der Waals surface area contributed by atoms with Crippen LogP contribution in [0.5, 0.6) is 11.5 Å². The van der Waals surface area contributed by atoms with Crippen LogP contribution in [0.25, 0.3) is 11.6 Å². The van der Waals surface area contributed by atoms with Gasteiger partial charge in [0.2, 0.25) is 0 Å². The van der Waals surface area contributed by atoms with Crippen molar-refractivity contribution < 1.29 is 18.9 Å². The zero-order valence-corrected chi connectivity index (χ0v) is 16.2. The predicted octanol–water partition coefficient (Wildman–Crippen LogP) is 4.84. The van der Waals surface area contributed by atoms with Crippen LogP contribution in [0.3, 0.4) is 0 Å². The van der Waals surface area contributed by atoms with Gasteiger partial charge in [-0.05, 0) is 49.2 Å². The van der Waals surface area contributed by atoms with Gasteiger partial charge in [0.15, 0.2) is 17.8 Å². The van der Waals surface area contributed by atoms with Crippen molar-refractivity contribution in [2.75, 3.05) is 27.4 Å². The molecule has 0 aliphatic heterocycles. The van der Waals surface area contributed by atoms with E-state index in [1.54, 1.807) is 26.4 Å². The Morgan fingerprint density at radius 1 is 0.963 bits per heavy atom. The molecule has 0 spiro atoms. The number of hydrogen-bond donors (Lipinski definition) is 0. The van der Waals surface area contributed by atoms with E-state index in [-0.39, 0.29) is 6.29 Å². The predicted molar refractivity (Wildman–Crippen MR) is 105 cm³/mol. The van der Waals surface area contributed by atoms with Gasteiger partial charge in [0.05, 0.1) is 25.9 Å². The zero-order valence-electron chi connectivity index (χ0n) is 16.2. The molecule has 0 fully saturated rings. The van der Waals surface area contributed by atoms with Crippen molar-refractivity contribution >= 4 is 11.6 Å². The van der Waals surface area contributed by atoms with Gasteiger partial charge in [0.25, 0.3) is 0 Å². The van der Waals surface area contributed by atoms with E-state index in [4.69, 9.17) is 18.9 Å². The van der Waals surface area contributed by atoms with Crippen molar-refractivity contribution in [3.05, 3.63) is 59.2 Å². The Labute approximate surface area is 160 Å². The molecule has 0 radical (unpaired) electrons. The second-order valence-corrected chi connectivity index (χ2v) is 5.65. The summed E-state index contributed by atoms with van der Waals surface area (Å²) in [5.41, 5.74) is 3.16. The molecule has 0 unspecified atom stereocenters. The van der Waals surface area contributed by atoms with E-state index in [2.05, 4.69) is 6.07 Å². The van der Waals surface area contributed by atoms with Gasteiger partial charge >= 0.3 is 0 Å². The second kappa shape index (κ2) is 10.4. The van der Waals surface area contributed by atoms with Gasteiger partial charge in [0, 0.05) is 18.8 Å². The molecule has 0 N–H and O–H groups in total. The number of allylic oxidation sites excluding steroid dienone is 1. The monoisotopic (exact) mass is 367 g/mol. The number of nitriles is 1. The first-order chi connectivity index (χ1) is 13.2. The molecule has 0 amide bonds. The number of rotatable bonds is 9. The largest absolute Gasteiger partial charge is 0.493 e. The molecule has 0 atom stereocenters. The number of ether oxygens (including phenoxy) is 4. The van der Waals surface area contributed by atoms with Crippen LogP contribution < -0.4 is 9.47 Å². The molecule has 0 bridgehead atoms. The highest BCUT2D eigenvalue weighted by atomic mass is 16.7. The van der Waals surface area contributed by atoms with E-state index in [0.29, 0.717) is 30.3 Å². The number of methoxy groups -OCH3 is 2. The third kappa shape index (κ3) is 5.33. The first kappa shape index (κ1) is 20.5. The summed E-state index contributed by atoms with van der Waals surface area (Å²) in [5, 5.41) is 9.58. The van der Waals surface area contributed by atoms with Crippen molar-refractivity contribution in [2.24, 2.45) is 0 Å². The lowest BCUT2D eigenvalue weighted by atomic mass is 10.0. The molecule has 0 saturated heterocycles. The van der Waals surface area contributed by atoms with Crippen molar-refractivity contribution in [3.8, 4) is 17.6 Å². The molecule has 142 valence electrons. The summed E-state index contributed by atoms with van der Waals surface area (Å²) in [6, 6.07) is 15.5. The summed E-state index contributed by atoms with van der Waals surface area (Å²) in [5.74, 6) is 1.21. The Hall–Kier alpha value is -2.81. The minimum Gasteiger partial charge on any atom is -0.493 e. The highest BCUT2D eigenvalue weighted by Gasteiger charge is 2.11. The number of nitrogens with zero attached hydrogens (tertiary/aromatic N) is 1. The van der Waals surface area contributed by atoms with Gasteiger partial charge in [-0.25, -0.2) is 0 Å². The number of benzene rings is 2. The van der Waals surface area contributed by atoms with Gasteiger partial charge in [-0.1, -0.05) is 24.3 Å². The second-order valence-electron chi connectivity index (χ2n) is 5.65. The fraction of sp³-hybridized carbons (Fsp3) is 0.318. The third-order valence-corrected chi connectivity index (χ3v) is 3.97. The Bertz CT molecular complexity index is 800. The average Bonchev–Trinajstić information content (AvgIpc) is 2.71. The smallest absolute Gasteiger partial charge is 0.183 e. The molecule has 2 rings (SSSR count). The summed E-state index contributed by atoms with van der Waals surface area (Å²) in [4.78, 5) is 0. The number of hydrogen-bond acceptors (Lipinski definition) is 5. The topological polar surface area (TPSA) is 60.7 Å². The molecule has 0 heterocycles. The average molecular weight is 367 g/mol. The maximum atomic E-state index is 9.58. The summed E-state index contributed by atoms with van der Waals surface area (Å²) in [6.45, 7) is 5.02. The molecule has 5 heteroatoms. The van der Waals surface area contributed by atoms with Gasteiger partial charge in [0.1, 0.15) is 0 Å². The van der Waals surface area contributed by atoms with E-state index < -0.39 is 0 Å². The summed E-state index contributed by atoms with van der Waals surface area (Å²) in [7, 11) is 3.15. The molecular formula is C22H25NO4. The van der Waals surface area contributed by atoms with E-state index >= 15 is 0 Å². The van der Waals surface area contributed by atoms with Crippen molar-refractivity contribution in [1.29, 1.82) is 5.26 Å². The molecule has 2 aromatic carbocycles. The van der Waals surface area contributed by atoms with E-state index in [1.807, 2.05) is 50.3 Å². The van der Waals surface area contributed by atoms with Crippen LogP contribution in [0.15, 0.2) is 42.5 Å². The lowest BCUT2D eigenvalue weighted by molar-refractivity contribution is -0.140. The Balaban J connectivity index is 2.29. The minimum atomic E-state index is -0.376. The molecule has 0 aliphatic rings. The van der Waals surface area contributed by atoms with Crippen LogP contribution in [0, 0.1) is 11.3 Å².